The van der Waals surface area contributed by atoms with Gasteiger partial charge in [-0.3, -0.25) is 9.59 Å². The van der Waals surface area contributed by atoms with E-state index < -0.39 is 5.60 Å². The van der Waals surface area contributed by atoms with Crippen molar-refractivity contribution in [3.63, 3.8) is 0 Å². The molecule has 6 rings (SSSR count). The summed E-state index contributed by atoms with van der Waals surface area (Å²) in [6.45, 7) is 0.665. The Hall–Kier alpha value is -3.66. The summed E-state index contributed by atoms with van der Waals surface area (Å²) in [6.07, 6.45) is 9.61. The van der Waals surface area contributed by atoms with Crippen LogP contribution < -0.4 is 20.1 Å². The van der Waals surface area contributed by atoms with E-state index in [-0.39, 0.29) is 23.9 Å². The third-order valence-corrected chi connectivity index (χ3v) is 7.87. The Morgan fingerprint density at radius 3 is 2.50 bits per heavy atom. The van der Waals surface area contributed by atoms with Crippen molar-refractivity contribution >= 4 is 22.8 Å². The first-order valence-electron chi connectivity index (χ1n) is 13.4. The molecule has 3 aliphatic rings. The Kier molecular flexibility index (Phi) is 6.43. The van der Waals surface area contributed by atoms with Crippen molar-refractivity contribution < 1.29 is 24.2 Å². The number of aromatic amines is 1. The number of hydrogen-bond donors (Lipinski definition) is 4. The third-order valence-electron chi connectivity index (χ3n) is 7.87. The molecule has 0 unspecified atom stereocenters. The number of ether oxygens (including phenoxy) is 2. The van der Waals surface area contributed by atoms with E-state index in [1.54, 1.807) is 13.3 Å². The lowest BCUT2D eigenvalue weighted by atomic mass is 9.90. The lowest BCUT2D eigenvalue weighted by Crippen LogP contribution is -2.47. The van der Waals surface area contributed by atoms with Gasteiger partial charge < -0.3 is 30.2 Å². The zero-order valence-electron chi connectivity index (χ0n) is 21.5. The summed E-state index contributed by atoms with van der Waals surface area (Å²) in [4.78, 5) is 37.5. The van der Waals surface area contributed by atoms with Crippen LogP contribution in [0.2, 0.25) is 0 Å². The van der Waals surface area contributed by atoms with E-state index >= 15 is 0 Å². The zero-order valence-corrected chi connectivity index (χ0v) is 21.5. The standard InChI is InChI=1S/C28H33N5O5/c1-37-19-8-9-22(38-14-16-2-3-16)20(12-19)23-25-24(31-15-30-23)21(13-29-25)26(34)32-17-4-6-18(7-5-17)33-27(35)28(36)10-11-28/h8-9,12-13,15-18,29,36H,2-7,10-11,14H2,1H3,(H,32,34)(H,33,35)/t17-,18-. The molecule has 0 saturated heterocycles. The van der Waals surface area contributed by atoms with Crippen LogP contribution >= 0.6 is 0 Å². The van der Waals surface area contributed by atoms with E-state index in [1.807, 2.05) is 18.2 Å². The molecule has 3 aliphatic carbocycles. The number of methoxy groups -OCH3 is 1. The van der Waals surface area contributed by atoms with Gasteiger partial charge in [0.05, 0.1) is 24.8 Å². The summed E-state index contributed by atoms with van der Waals surface area (Å²) >= 11 is 0. The van der Waals surface area contributed by atoms with Crippen LogP contribution in [0.4, 0.5) is 0 Å². The highest BCUT2D eigenvalue weighted by molar-refractivity contribution is 6.08. The Labute approximate surface area is 220 Å². The third kappa shape index (κ3) is 5.05. The fraction of sp³-hybridized carbons (Fsp3) is 0.500. The molecule has 38 heavy (non-hydrogen) atoms. The Bertz CT molecular complexity index is 1350. The first kappa shape index (κ1) is 24.7. The number of carbonyl (C=O) groups is 2. The summed E-state index contributed by atoms with van der Waals surface area (Å²) in [5.41, 5.74) is 1.93. The van der Waals surface area contributed by atoms with Crippen LogP contribution in [-0.2, 0) is 4.79 Å². The van der Waals surface area contributed by atoms with Crippen LogP contribution in [0.3, 0.4) is 0 Å². The van der Waals surface area contributed by atoms with Crippen LogP contribution in [-0.4, -0.2) is 63.3 Å². The number of nitrogens with one attached hydrogen (secondary N) is 3. The predicted octanol–water partition coefficient (Wildman–Crippen LogP) is 3.10. The second kappa shape index (κ2) is 9.90. The van der Waals surface area contributed by atoms with Gasteiger partial charge in [-0.2, -0.15) is 0 Å². The van der Waals surface area contributed by atoms with Gasteiger partial charge in [0.1, 0.15) is 34.6 Å². The van der Waals surface area contributed by atoms with Crippen LogP contribution in [0.1, 0.15) is 61.7 Å². The summed E-state index contributed by atoms with van der Waals surface area (Å²) in [5, 5.41) is 16.1. The molecular formula is C28H33N5O5. The highest BCUT2D eigenvalue weighted by Crippen LogP contribution is 2.38. The minimum atomic E-state index is -1.16. The molecule has 0 spiro atoms. The Balaban J connectivity index is 1.16. The average molecular weight is 520 g/mol. The molecule has 4 N–H and O–H groups in total. The SMILES string of the molecule is COc1ccc(OCC2CC2)c(-c2ncnc3c(C(=O)N[C@H]4CC[C@H](NC(=O)C5(O)CC5)CC4)c[nH]c23)c1. The number of aromatic nitrogens is 3. The van der Waals surface area contributed by atoms with E-state index in [2.05, 4.69) is 25.6 Å². The van der Waals surface area contributed by atoms with Crippen molar-refractivity contribution in [1.82, 2.24) is 25.6 Å². The topological polar surface area (TPSA) is 138 Å². The van der Waals surface area contributed by atoms with Crippen molar-refractivity contribution in [2.45, 2.75) is 69.1 Å². The van der Waals surface area contributed by atoms with Gasteiger partial charge in [-0.15, -0.1) is 0 Å². The molecule has 3 saturated carbocycles. The van der Waals surface area contributed by atoms with Crippen molar-refractivity contribution in [2.75, 3.05) is 13.7 Å². The van der Waals surface area contributed by atoms with Gasteiger partial charge in [0.15, 0.2) is 0 Å². The molecule has 2 heterocycles. The second-order valence-electron chi connectivity index (χ2n) is 10.8. The maximum atomic E-state index is 13.2. The van der Waals surface area contributed by atoms with Crippen LogP contribution in [0.5, 0.6) is 11.5 Å². The van der Waals surface area contributed by atoms with Gasteiger partial charge in [-0.1, -0.05) is 0 Å². The lowest BCUT2D eigenvalue weighted by molar-refractivity contribution is -0.132. The van der Waals surface area contributed by atoms with Gasteiger partial charge in [0.25, 0.3) is 11.8 Å². The number of aliphatic hydroxyl groups is 1. The summed E-state index contributed by atoms with van der Waals surface area (Å²) in [5.74, 6) is 1.55. The number of H-pyrrole nitrogens is 1. The van der Waals surface area contributed by atoms with Crippen molar-refractivity contribution in [3.8, 4) is 22.8 Å². The molecular weight excluding hydrogens is 486 g/mol. The lowest BCUT2D eigenvalue weighted by Gasteiger charge is -2.30. The van der Waals surface area contributed by atoms with Crippen LogP contribution in [0.25, 0.3) is 22.3 Å². The van der Waals surface area contributed by atoms with E-state index in [1.165, 1.54) is 19.2 Å². The number of benzene rings is 1. The first-order chi connectivity index (χ1) is 18.4. The molecule has 10 nitrogen and oxygen atoms in total. The normalized spacial score (nSPS) is 22.1. The van der Waals surface area contributed by atoms with Gasteiger partial charge in [0, 0.05) is 23.8 Å². The zero-order chi connectivity index (χ0) is 26.3. The van der Waals surface area contributed by atoms with E-state index in [0.717, 1.165) is 37.0 Å². The number of rotatable bonds is 9. The Morgan fingerprint density at radius 1 is 1.08 bits per heavy atom. The number of fused-ring (bicyclic) bond motifs is 1. The van der Waals surface area contributed by atoms with Gasteiger partial charge in [-0.25, -0.2) is 9.97 Å². The smallest absolute Gasteiger partial charge is 0.255 e. The predicted molar refractivity (Wildman–Crippen MR) is 140 cm³/mol. The van der Waals surface area contributed by atoms with Crippen LogP contribution in [0.15, 0.2) is 30.7 Å². The Morgan fingerprint density at radius 2 is 1.82 bits per heavy atom. The van der Waals surface area contributed by atoms with E-state index in [9.17, 15) is 14.7 Å². The molecule has 0 radical (unpaired) electrons. The van der Waals surface area contributed by atoms with Gasteiger partial charge in [-0.05, 0) is 75.5 Å². The van der Waals surface area contributed by atoms with Gasteiger partial charge in [0.2, 0.25) is 0 Å². The monoisotopic (exact) mass is 519 g/mol. The number of carbonyl (C=O) groups excluding carboxylic acids is 2. The summed E-state index contributed by atoms with van der Waals surface area (Å²) in [6, 6.07) is 5.69. The number of nitrogens with zero attached hydrogens (tertiary/aromatic N) is 2. The molecule has 3 aromatic rings. The molecule has 0 bridgehead atoms. The molecule has 0 atom stereocenters. The average Bonchev–Trinajstić information content (AvgIpc) is 3.86. The van der Waals surface area contributed by atoms with E-state index in [0.29, 0.717) is 53.4 Å². The maximum absolute atomic E-state index is 13.2. The van der Waals surface area contributed by atoms with Crippen LogP contribution in [0, 0.1) is 5.92 Å². The summed E-state index contributed by atoms with van der Waals surface area (Å²) < 4.78 is 11.6. The van der Waals surface area contributed by atoms with E-state index in [4.69, 9.17) is 9.47 Å². The fourth-order valence-electron chi connectivity index (χ4n) is 5.07. The molecule has 10 heteroatoms. The minimum absolute atomic E-state index is 0.00623. The molecule has 200 valence electrons. The molecule has 1 aromatic carbocycles. The maximum Gasteiger partial charge on any atom is 0.255 e. The molecule has 3 fully saturated rings. The first-order valence-corrected chi connectivity index (χ1v) is 13.4. The molecule has 2 aromatic heterocycles. The molecule has 2 amide bonds. The molecule has 0 aliphatic heterocycles. The van der Waals surface area contributed by atoms with Gasteiger partial charge >= 0.3 is 0 Å². The number of hydrogen-bond acceptors (Lipinski definition) is 7. The fourth-order valence-corrected chi connectivity index (χ4v) is 5.07. The highest BCUT2D eigenvalue weighted by Gasteiger charge is 2.48. The van der Waals surface area contributed by atoms with Crippen molar-refractivity contribution in [2.24, 2.45) is 5.92 Å². The quantitative estimate of drug-likeness (QED) is 0.341. The highest BCUT2D eigenvalue weighted by atomic mass is 16.5. The van der Waals surface area contributed by atoms with Crippen molar-refractivity contribution in [1.29, 1.82) is 0 Å². The largest absolute Gasteiger partial charge is 0.497 e. The second-order valence-corrected chi connectivity index (χ2v) is 10.8. The summed E-state index contributed by atoms with van der Waals surface area (Å²) in [7, 11) is 1.62. The number of amides is 2. The van der Waals surface area contributed by atoms with Crippen molar-refractivity contribution in [3.05, 3.63) is 36.3 Å². The minimum Gasteiger partial charge on any atom is -0.497 e.